The van der Waals surface area contributed by atoms with Crippen LogP contribution in [-0.4, -0.2) is 35.7 Å². The highest BCUT2D eigenvalue weighted by Crippen LogP contribution is 2.28. The lowest BCUT2D eigenvalue weighted by Crippen LogP contribution is -2.31. The molecule has 0 aliphatic rings. The second kappa shape index (κ2) is 9.66. The summed E-state index contributed by atoms with van der Waals surface area (Å²) in [6.45, 7) is 1.45. The summed E-state index contributed by atoms with van der Waals surface area (Å²) in [6, 6.07) is 6.52. The van der Waals surface area contributed by atoms with Crippen molar-refractivity contribution in [2.24, 2.45) is 7.05 Å². The number of nitrogens with one attached hydrogen (secondary N) is 1. The van der Waals surface area contributed by atoms with Gasteiger partial charge in [0.25, 0.3) is 17.9 Å². The van der Waals surface area contributed by atoms with Crippen LogP contribution in [0.25, 0.3) is 16.9 Å². The molecule has 13 heteroatoms. The Morgan fingerprint density at radius 3 is 2.57 bits per heavy atom. The third kappa shape index (κ3) is 4.78. The minimum absolute atomic E-state index is 0.108. The van der Waals surface area contributed by atoms with Crippen LogP contribution >= 0.6 is 11.6 Å². The lowest BCUT2D eigenvalue weighted by atomic mass is 10.0. The smallest absolute Gasteiger partial charge is 0.272 e. The Bertz CT molecular complexity index is 1450. The number of hydrogen-bond acceptors (Lipinski definition) is 6. The van der Waals surface area contributed by atoms with Gasteiger partial charge in [0.2, 0.25) is 0 Å². The maximum absolute atomic E-state index is 14.5. The first-order valence-electron chi connectivity index (χ1n) is 10.2. The Hall–Kier alpha value is -4.06. The predicted molar refractivity (Wildman–Crippen MR) is 120 cm³/mol. The van der Waals surface area contributed by atoms with Crippen molar-refractivity contribution in [3.63, 3.8) is 0 Å². The monoisotopic (exact) mass is 503 g/mol. The van der Waals surface area contributed by atoms with Crippen molar-refractivity contribution in [1.82, 2.24) is 35.1 Å². The summed E-state index contributed by atoms with van der Waals surface area (Å²) >= 11 is 6.09. The third-order valence-corrected chi connectivity index (χ3v) is 5.42. The van der Waals surface area contributed by atoms with Crippen LogP contribution in [0.4, 0.5) is 13.2 Å². The molecule has 0 fully saturated rings. The molecule has 1 amide bonds. The molecule has 0 saturated heterocycles. The highest BCUT2D eigenvalue weighted by Gasteiger charge is 2.22. The summed E-state index contributed by atoms with van der Waals surface area (Å²) < 4.78 is 42.9. The van der Waals surface area contributed by atoms with Gasteiger partial charge in [0.15, 0.2) is 5.15 Å². The van der Waals surface area contributed by atoms with Crippen molar-refractivity contribution < 1.29 is 18.0 Å². The van der Waals surface area contributed by atoms with Crippen molar-refractivity contribution in [3.8, 4) is 16.9 Å². The molecule has 4 aromatic rings. The molecule has 3 heterocycles. The van der Waals surface area contributed by atoms with E-state index in [1.807, 2.05) is 0 Å². The quantitative estimate of drug-likeness (QED) is 0.430. The Morgan fingerprint density at radius 1 is 1.14 bits per heavy atom. The summed E-state index contributed by atoms with van der Waals surface area (Å²) in [7, 11) is 1.64. The number of nitrogens with zero attached hydrogens (tertiary/aromatic N) is 6. The van der Waals surface area contributed by atoms with E-state index in [1.165, 1.54) is 42.2 Å². The minimum Gasteiger partial charge on any atom is -0.344 e. The zero-order chi connectivity index (χ0) is 25.3. The average molecular weight is 504 g/mol. The molecule has 0 saturated carbocycles. The van der Waals surface area contributed by atoms with Gasteiger partial charge in [-0.05, 0) is 19.1 Å². The van der Waals surface area contributed by atoms with Crippen molar-refractivity contribution >= 4 is 17.5 Å². The molecule has 0 radical (unpaired) electrons. The molecule has 0 spiro atoms. The molecule has 4 rings (SSSR count). The number of halogens is 4. The molecule has 0 unspecified atom stereocenters. The van der Waals surface area contributed by atoms with Crippen molar-refractivity contribution in [1.29, 1.82) is 0 Å². The van der Waals surface area contributed by atoms with E-state index in [1.54, 1.807) is 13.1 Å². The van der Waals surface area contributed by atoms with E-state index in [4.69, 9.17) is 11.6 Å². The summed E-state index contributed by atoms with van der Waals surface area (Å²) in [5.74, 6) is -1.84. The summed E-state index contributed by atoms with van der Waals surface area (Å²) in [6.07, 6.45) is -0.130. The molecule has 9 nitrogen and oxygen atoms in total. The summed E-state index contributed by atoms with van der Waals surface area (Å²) in [5.41, 5.74) is -0.361. The van der Waals surface area contributed by atoms with Gasteiger partial charge in [-0.1, -0.05) is 35.0 Å². The number of hydrogen-bond donors (Lipinski definition) is 1. The maximum atomic E-state index is 14.5. The second-order valence-electron chi connectivity index (χ2n) is 7.50. The lowest BCUT2D eigenvalue weighted by molar-refractivity contribution is 0.0932. The average Bonchev–Trinajstić information content (AvgIpc) is 3.17. The Labute approximate surface area is 201 Å². The fourth-order valence-electron chi connectivity index (χ4n) is 3.45. The molecule has 1 atom stereocenters. The van der Waals surface area contributed by atoms with Crippen LogP contribution in [-0.2, 0) is 7.05 Å². The van der Waals surface area contributed by atoms with Crippen molar-refractivity contribution in [3.05, 3.63) is 86.9 Å². The molecule has 1 N–H and O–H groups in total. The third-order valence-electron chi connectivity index (χ3n) is 5.17. The lowest BCUT2D eigenvalue weighted by Gasteiger charge is -2.16. The number of benzene rings is 1. The normalized spacial score (nSPS) is 12.1. The van der Waals surface area contributed by atoms with Crippen LogP contribution in [0.3, 0.4) is 0 Å². The first-order chi connectivity index (χ1) is 16.7. The Kier molecular flexibility index (Phi) is 6.65. The van der Waals surface area contributed by atoms with E-state index in [0.717, 1.165) is 16.8 Å². The number of aromatic nitrogens is 6. The Morgan fingerprint density at radius 2 is 1.89 bits per heavy atom. The second-order valence-corrected chi connectivity index (χ2v) is 7.86. The molecule has 35 heavy (non-hydrogen) atoms. The largest absolute Gasteiger partial charge is 0.344 e. The molecule has 180 valence electrons. The fraction of sp³-hybridized carbons (Fsp3) is 0.182. The maximum Gasteiger partial charge on any atom is 0.272 e. The van der Waals surface area contributed by atoms with Crippen LogP contribution in [0.2, 0.25) is 5.15 Å². The number of rotatable bonds is 6. The summed E-state index contributed by atoms with van der Waals surface area (Å²) in [5, 5.41) is 14.3. The van der Waals surface area contributed by atoms with Crippen molar-refractivity contribution in [2.75, 3.05) is 0 Å². The van der Waals surface area contributed by atoms with Crippen LogP contribution < -0.4 is 10.9 Å². The van der Waals surface area contributed by atoms with Gasteiger partial charge in [0.05, 0.1) is 23.5 Å². The van der Waals surface area contributed by atoms with E-state index in [2.05, 4.69) is 25.7 Å². The summed E-state index contributed by atoms with van der Waals surface area (Å²) in [4.78, 5) is 29.4. The van der Waals surface area contributed by atoms with Crippen LogP contribution in [0.5, 0.6) is 0 Å². The molecule has 0 bridgehead atoms. The first-order valence-corrected chi connectivity index (χ1v) is 10.5. The zero-order valence-corrected chi connectivity index (χ0v) is 19.0. The standard InChI is InChI=1S/C22H17ClF3N7O2/c1-11(14-4-3-5-15(18(14)24)21(25)26)28-22(35)16-6-7-17(34)33(30-16)13-8-12(9-27-10-13)19-20(23)29-31-32(19)2/h3-11,21H,1-2H3,(H,28,35)/t11-/m1/s1. The molecular weight excluding hydrogens is 487 g/mol. The number of amides is 1. The number of carbonyl (C=O) groups is 1. The number of alkyl halides is 2. The van der Waals surface area contributed by atoms with Crippen LogP contribution in [0.15, 0.2) is 53.6 Å². The molecular formula is C22H17ClF3N7O2. The molecule has 0 aliphatic carbocycles. The van der Waals surface area contributed by atoms with Gasteiger partial charge in [0, 0.05) is 30.4 Å². The Balaban J connectivity index is 1.63. The van der Waals surface area contributed by atoms with Gasteiger partial charge in [-0.15, -0.1) is 5.10 Å². The highest BCUT2D eigenvalue weighted by molar-refractivity contribution is 6.31. The van der Waals surface area contributed by atoms with Gasteiger partial charge in [0.1, 0.15) is 17.2 Å². The number of carbonyl (C=O) groups excluding carboxylic acids is 1. The highest BCUT2D eigenvalue weighted by atomic mass is 35.5. The fourth-order valence-corrected chi connectivity index (χ4v) is 3.71. The van der Waals surface area contributed by atoms with Gasteiger partial charge in [-0.25, -0.2) is 17.9 Å². The number of pyridine rings is 1. The van der Waals surface area contributed by atoms with E-state index in [-0.39, 0.29) is 22.1 Å². The number of aryl methyl sites for hydroxylation is 1. The van der Waals surface area contributed by atoms with Crippen molar-refractivity contribution in [2.45, 2.75) is 19.4 Å². The molecule has 3 aromatic heterocycles. The molecule has 0 aliphatic heterocycles. The van der Waals surface area contributed by atoms with E-state index in [0.29, 0.717) is 11.3 Å². The van der Waals surface area contributed by atoms with Gasteiger partial charge < -0.3 is 5.32 Å². The topological polar surface area (TPSA) is 108 Å². The SMILES string of the molecule is C[C@@H](NC(=O)c1ccc(=O)n(-c2cncc(-c3c(Cl)nnn3C)c2)n1)c1cccc(C(F)F)c1F. The molecule has 1 aromatic carbocycles. The van der Waals surface area contributed by atoms with Gasteiger partial charge >= 0.3 is 0 Å². The minimum atomic E-state index is -3.00. The predicted octanol–water partition coefficient (Wildman–Crippen LogP) is 3.64. The van der Waals surface area contributed by atoms with E-state index < -0.39 is 35.3 Å². The van der Waals surface area contributed by atoms with E-state index >= 15 is 0 Å². The van der Waals surface area contributed by atoms with E-state index in [9.17, 15) is 22.8 Å². The van der Waals surface area contributed by atoms with Crippen LogP contribution in [0.1, 0.15) is 41.0 Å². The first kappa shape index (κ1) is 24.1. The van der Waals surface area contributed by atoms with Crippen LogP contribution in [0, 0.1) is 5.82 Å². The zero-order valence-electron chi connectivity index (χ0n) is 18.3. The van der Waals surface area contributed by atoms with Gasteiger partial charge in [-0.3, -0.25) is 14.6 Å². The van der Waals surface area contributed by atoms with Gasteiger partial charge in [-0.2, -0.15) is 9.78 Å².